The Bertz CT molecular complexity index is 695. The molecule has 0 bridgehead atoms. The van der Waals surface area contributed by atoms with Gasteiger partial charge in [0.1, 0.15) is 5.76 Å². The van der Waals surface area contributed by atoms with Crippen LogP contribution < -0.4 is 0 Å². The molecule has 3 rings (SSSR count). The monoisotopic (exact) mass is 325 g/mol. The van der Waals surface area contributed by atoms with Crippen LogP contribution in [0.5, 0.6) is 0 Å². The fourth-order valence-corrected chi connectivity index (χ4v) is 4.33. The SMILES string of the molecule is O=S(=O)(Cc1ccc(Cl)cc1)N1CCC(c2ccco2)C1. The van der Waals surface area contributed by atoms with Gasteiger partial charge in [0.2, 0.25) is 10.0 Å². The minimum atomic E-state index is -3.30. The van der Waals surface area contributed by atoms with Gasteiger partial charge in [0.15, 0.2) is 0 Å². The highest BCUT2D eigenvalue weighted by Gasteiger charge is 2.33. The van der Waals surface area contributed by atoms with Crippen LogP contribution in [0.15, 0.2) is 47.1 Å². The minimum Gasteiger partial charge on any atom is -0.469 e. The van der Waals surface area contributed by atoms with Crippen molar-refractivity contribution in [2.24, 2.45) is 0 Å². The summed E-state index contributed by atoms with van der Waals surface area (Å²) in [4.78, 5) is 0. The summed E-state index contributed by atoms with van der Waals surface area (Å²) in [6.07, 6.45) is 2.42. The van der Waals surface area contributed by atoms with Gasteiger partial charge in [0.25, 0.3) is 0 Å². The lowest BCUT2D eigenvalue weighted by Crippen LogP contribution is -2.29. The summed E-state index contributed by atoms with van der Waals surface area (Å²) in [5.74, 6) is 1.02. The van der Waals surface area contributed by atoms with E-state index in [9.17, 15) is 8.42 Å². The second kappa shape index (κ2) is 5.83. The molecule has 1 aromatic heterocycles. The van der Waals surface area contributed by atoms with Crippen molar-refractivity contribution in [3.05, 3.63) is 59.0 Å². The van der Waals surface area contributed by atoms with E-state index in [1.165, 1.54) is 0 Å². The molecule has 21 heavy (non-hydrogen) atoms. The lowest BCUT2D eigenvalue weighted by molar-refractivity contribution is 0.444. The highest BCUT2D eigenvalue weighted by atomic mass is 35.5. The van der Waals surface area contributed by atoms with Crippen LogP contribution >= 0.6 is 11.6 Å². The quantitative estimate of drug-likeness (QED) is 0.867. The summed E-state index contributed by atoms with van der Waals surface area (Å²) < 4.78 is 31.9. The van der Waals surface area contributed by atoms with E-state index >= 15 is 0 Å². The van der Waals surface area contributed by atoms with Gasteiger partial charge >= 0.3 is 0 Å². The smallest absolute Gasteiger partial charge is 0.218 e. The maximum absolute atomic E-state index is 12.5. The summed E-state index contributed by atoms with van der Waals surface area (Å²) in [7, 11) is -3.30. The first-order valence-electron chi connectivity index (χ1n) is 6.80. The molecule has 0 amide bonds. The molecule has 6 heteroatoms. The highest BCUT2D eigenvalue weighted by Crippen LogP contribution is 2.30. The molecule has 1 atom stereocenters. The number of nitrogens with zero attached hydrogens (tertiary/aromatic N) is 1. The molecule has 1 aliphatic rings. The predicted octanol–water partition coefficient (Wildman–Crippen LogP) is 3.25. The standard InChI is InChI=1S/C15H16ClNO3S/c16-14-5-3-12(4-6-14)11-21(18,19)17-8-7-13(10-17)15-2-1-9-20-15/h1-6,9,13H,7-8,10-11H2. The first kappa shape index (κ1) is 14.6. The van der Waals surface area contributed by atoms with Crippen molar-refractivity contribution in [1.82, 2.24) is 4.31 Å². The molecule has 1 fully saturated rings. The molecule has 112 valence electrons. The van der Waals surface area contributed by atoms with Crippen LogP contribution in [-0.2, 0) is 15.8 Å². The Morgan fingerprint density at radius 3 is 2.67 bits per heavy atom. The highest BCUT2D eigenvalue weighted by molar-refractivity contribution is 7.88. The van der Waals surface area contributed by atoms with E-state index in [0.29, 0.717) is 18.1 Å². The average molecular weight is 326 g/mol. The number of sulfonamides is 1. The van der Waals surface area contributed by atoms with Gasteiger partial charge in [-0.25, -0.2) is 12.7 Å². The molecule has 2 heterocycles. The lowest BCUT2D eigenvalue weighted by Gasteiger charge is -2.16. The van der Waals surface area contributed by atoms with Crippen molar-refractivity contribution in [1.29, 1.82) is 0 Å². The van der Waals surface area contributed by atoms with Crippen LogP contribution in [0.4, 0.5) is 0 Å². The van der Waals surface area contributed by atoms with Crippen LogP contribution in [0.1, 0.15) is 23.7 Å². The molecule has 0 spiro atoms. The van der Waals surface area contributed by atoms with Crippen molar-refractivity contribution in [3.63, 3.8) is 0 Å². The Kier molecular flexibility index (Phi) is 4.06. The number of rotatable bonds is 4. The molecule has 0 radical (unpaired) electrons. The van der Waals surface area contributed by atoms with Gasteiger partial charge in [-0.15, -0.1) is 0 Å². The zero-order valence-corrected chi connectivity index (χ0v) is 13.0. The Morgan fingerprint density at radius 1 is 1.24 bits per heavy atom. The molecule has 0 N–H and O–H groups in total. The van der Waals surface area contributed by atoms with Gasteiger partial charge in [-0.05, 0) is 36.2 Å². The third kappa shape index (κ3) is 3.31. The van der Waals surface area contributed by atoms with Crippen molar-refractivity contribution in [3.8, 4) is 0 Å². The third-order valence-electron chi connectivity index (χ3n) is 3.75. The molecule has 1 aromatic carbocycles. The summed E-state index contributed by atoms with van der Waals surface area (Å²) in [6, 6.07) is 10.7. The van der Waals surface area contributed by atoms with E-state index in [1.54, 1.807) is 34.8 Å². The maximum Gasteiger partial charge on any atom is 0.218 e. The van der Waals surface area contributed by atoms with E-state index in [-0.39, 0.29) is 11.7 Å². The zero-order chi connectivity index (χ0) is 14.9. The largest absolute Gasteiger partial charge is 0.469 e. The summed E-state index contributed by atoms with van der Waals surface area (Å²) in [5.41, 5.74) is 0.751. The molecule has 2 aromatic rings. The van der Waals surface area contributed by atoms with Gasteiger partial charge in [0.05, 0.1) is 12.0 Å². The molecule has 4 nitrogen and oxygen atoms in total. The lowest BCUT2D eigenvalue weighted by atomic mass is 10.1. The van der Waals surface area contributed by atoms with E-state index in [4.69, 9.17) is 16.0 Å². The predicted molar refractivity (Wildman–Crippen MR) is 81.7 cm³/mol. The molecule has 1 saturated heterocycles. The molecule has 0 saturated carbocycles. The van der Waals surface area contributed by atoms with Crippen LogP contribution in [0, 0.1) is 0 Å². The summed E-state index contributed by atoms with van der Waals surface area (Å²) in [5, 5.41) is 0.607. The fourth-order valence-electron chi connectivity index (χ4n) is 2.62. The Morgan fingerprint density at radius 2 is 2.00 bits per heavy atom. The number of furan rings is 1. The number of hydrogen-bond donors (Lipinski definition) is 0. The summed E-state index contributed by atoms with van der Waals surface area (Å²) >= 11 is 5.82. The van der Waals surface area contributed by atoms with Gasteiger partial charge in [-0.3, -0.25) is 0 Å². The van der Waals surface area contributed by atoms with Crippen molar-refractivity contribution < 1.29 is 12.8 Å². The first-order valence-corrected chi connectivity index (χ1v) is 8.79. The van der Waals surface area contributed by atoms with E-state index in [0.717, 1.165) is 17.7 Å². The topological polar surface area (TPSA) is 50.5 Å². The Balaban J connectivity index is 1.70. The summed E-state index contributed by atoms with van der Waals surface area (Å²) in [6.45, 7) is 1.03. The van der Waals surface area contributed by atoms with Crippen molar-refractivity contribution >= 4 is 21.6 Å². The third-order valence-corrected chi connectivity index (χ3v) is 5.82. The number of hydrogen-bond acceptors (Lipinski definition) is 3. The number of halogens is 1. The molecule has 1 unspecified atom stereocenters. The molecular formula is C15H16ClNO3S. The van der Waals surface area contributed by atoms with Crippen LogP contribution in [0.3, 0.4) is 0 Å². The van der Waals surface area contributed by atoms with Gasteiger partial charge in [-0.1, -0.05) is 23.7 Å². The van der Waals surface area contributed by atoms with Crippen LogP contribution in [0.25, 0.3) is 0 Å². The van der Waals surface area contributed by atoms with E-state index in [1.807, 2.05) is 12.1 Å². The molecular weight excluding hydrogens is 310 g/mol. The first-order chi connectivity index (χ1) is 10.0. The zero-order valence-electron chi connectivity index (χ0n) is 11.4. The molecule has 0 aliphatic carbocycles. The van der Waals surface area contributed by atoms with Gasteiger partial charge in [-0.2, -0.15) is 0 Å². The van der Waals surface area contributed by atoms with Crippen LogP contribution in [-0.4, -0.2) is 25.8 Å². The number of benzene rings is 1. The molecule has 1 aliphatic heterocycles. The fraction of sp³-hybridized carbons (Fsp3) is 0.333. The normalized spacial score (nSPS) is 20.0. The Hall–Kier alpha value is -1.30. The average Bonchev–Trinajstić information content (AvgIpc) is 3.11. The second-order valence-electron chi connectivity index (χ2n) is 5.24. The van der Waals surface area contributed by atoms with Crippen molar-refractivity contribution in [2.75, 3.05) is 13.1 Å². The maximum atomic E-state index is 12.5. The van der Waals surface area contributed by atoms with Gasteiger partial charge < -0.3 is 4.42 Å². The second-order valence-corrected chi connectivity index (χ2v) is 7.65. The van der Waals surface area contributed by atoms with E-state index < -0.39 is 10.0 Å². The van der Waals surface area contributed by atoms with Crippen molar-refractivity contribution in [2.45, 2.75) is 18.1 Å². The minimum absolute atomic E-state index is 0.00897. The van der Waals surface area contributed by atoms with Gasteiger partial charge in [0, 0.05) is 24.0 Å². The van der Waals surface area contributed by atoms with E-state index in [2.05, 4.69) is 0 Å². The Labute approximate surface area is 129 Å². The van der Waals surface area contributed by atoms with Crippen LogP contribution in [0.2, 0.25) is 5.02 Å².